The van der Waals surface area contributed by atoms with Gasteiger partial charge in [0.1, 0.15) is 5.56 Å². The van der Waals surface area contributed by atoms with Gasteiger partial charge in [-0.15, -0.1) is 0 Å². The van der Waals surface area contributed by atoms with E-state index in [1.165, 1.54) is 32.4 Å². The van der Waals surface area contributed by atoms with Gasteiger partial charge < -0.3 is 19.6 Å². The van der Waals surface area contributed by atoms with Crippen LogP contribution in [0, 0.1) is 0 Å². The summed E-state index contributed by atoms with van der Waals surface area (Å²) in [5.41, 5.74) is -1.14. The van der Waals surface area contributed by atoms with Gasteiger partial charge in [0.05, 0.1) is 14.2 Å². The fourth-order valence-electron chi connectivity index (χ4n) is 1.86. The molecule has 3 N–H and O–H groups in total. The summed E-state index contributed by atoms with van der Waals surface area (Å²) in [4.78, 5) is 38.6. The summed E-state index contributed by atoms with van der Waals surface area (Å²) >= 11 is 0. The molecular formula is C15H14N2O6. The highest BCUT2D eigenvalue weighted by Crippen LogP contribution is 2.37. The van der Waals surface area contributed by atoms with E-state index >= 15 is 0 Å². The summed E-state index contributed by atoms with van der Waals surface area (Å²) in [5.74, 6) is -0.388. The average molecular weight is 318 g/mol. The fourth-order valence-corrected chi connectivity index (χ4v) is 1.86. The van der Waals surface area contributed by atoms with Crippen LogP contribution < -0.4 is 20.7 Å². The fraction of sp³-hybridized carbons (Fsp3) is 0.133. The minimum atomic E-state index is -0.774. The van der Waals surface area contributed by atoms with Crippen molar-refractivity contribution in [2.45, 2.75) is 0 Å². The summed E-state index contributed by atoms with van der Waals surface area (Å²) in [6.45, 7) is 0. The van der Waals surface area contributed by atoms with Crippen molar-refractivity contribution in [2.75, 3.05) is 14.2 Å². The number of benzene rings is 1. The van der Waals surface area contributed by atoms with Gasteiger partial charge in [-0.2, -0.15) is 0 Å². The Morgan fingerprint density at radius 1 is 1.17 bits per heavy atom. The first-order chi connectivity index (χ1) is 11.0. The van der Waals surface area contributed by atoms with Crippen molar-refractivity contribution < 1.29 is 19.4 Å². The molecule has 0 fully saturated rings. The number of hydrogen-bond donors (Lipinski definition) is 3. The number of aromatic amines is 2. The highest BCUT2D eigenvalue weighted by atomic mass is 16.5. The lowest BCUT2D eigenvalue weighted by molar-refractivity contribution is 0.104. The zero-order chi connectivity index (χ0) is 17.0. The van der Waals surface area contributed by atoms with Crippen LogP contribution in [0.25, 0.3) is 6.08 Å². The predicted molar refractivity (Wildman–Crippen MR) is 82.3 cm³/mol. The van der Waals surface area contributed by atoms with E-state index in [-0.39, 0.29) is 22.8 Å². The molecule has 8 heteroatoms. The van der Waals surface area contributed by atoms with E-state index in [0.717, 1.165) is 12.3 Å². The summed E-state index contributed by atoms with van der Waals surface area (Å²) in [7, 11) is 2.76. The molecule has 0 saturated carbocycles. The van der Waals surface area contributed by atoms with Crippen LogP contribution in [0.5, 0.6) is 17.2 Å². The van der Waals surface area contributed by atoms with Crippen molar-refractivity contribution in [3.05, 3.63) is 56.4 Å². The monoisotopic (exact) mass is 318 g/mol. The number of rotatable bonds is 5. The molecule has 1 aromatic heterocycles. The smallest absolute Gasteiger partial charge is 0.325 e. The van der Waals surface area contributed by atoms with Gasteiger partial charge in [0.15, 0.2) is 17.3 Å². The topological polar surface area (TPSA) is 121 Å². The third-order valence-electron chi connectivity index (χ3n) is 3.01. The van der Waals surface area contributed by atoms with Crippen LogP contribution in [0.1, 0.15) is 15.9 Å². The summed E-state index contributed by atoms with van der Waals surface area (Å²) in [6.07, 6.45) is 3.64. The zero-order valence-electron chi connectivity index (χ0n) is 12.4. The molecule has 0 spiro atoms. The van der Waals surface area contributed by atoms with Crippen molar-refractivity contribution in [3.8, 4) is 17.2 Å². The second-order valence-electron chi connectivity index (χ2n) is 4.46. The Morgan fingerprint density at radius 3 is 2.30 bits per heavy atom. The van der Waals surface area contributed by atoms with Crippen molar-refractivity contribution in [1.82, 2.24) is 9.97 Å². The number of phenolic OH excluding ortho intramolecular Hbond substituents is 1. The Balaban J connectivity index is 2.34. The molecule has 0 unspecified atom stereocenters. The van der Waals surface area contributed by atoms with Crippen molar-refractivity contribution in [2.24, 2.45) is 0 Å². The van der Waals surface area contributed by atoms with Gasteiger partial charge in [-0.3, -0.25) is 14.6 Å². The second-order valence-corrected chi connectivity index (χ2v) is 4.46. The van der Waals surface area contributed by atoms with Gasteiger partial charge >= 0.3 is 5.69 Å². The summed E-state index contributed by atoms with van der Waals surface area (Å²) < 4.78 is 10.0. The quantitative estimate of drug-likeness (QED) is 0.550. The van der Waals surface area contributed by atoms with Crippen LogP contribution in [-0.4, -0.2) is 35.1 Å². The standard InChI is InChI=1S/C15H14N2O6/c1-22-11-5-8(6-12(23-2)13(11)19)3-4-10(18)9-7-16-15(21)17-14(9)20/h3-7,19H,1-2H3,(H2,16,17,20,21)/b4-3+. The van der Waals surface area contributed by atoms with Crippen LogP contribution >= 0.6 is 0 Å². The number of carbonyl (C=O) groups excluding carboxylic acids is 1. The molecular weight excluding hydrogens is 304 g/mol. The molecule has 8 nitrogen and oxygen atoms in total. The van der Waals surface area contributed by atoms with Gasteiger partial charge in [0.25, 0.3) is 5.56 Å². The van der Waals surface area contributed by atoms with Crippen LogP contribution in [0.3, 0.4) is 0 Å². The molecule has 0 radical (unpaired) electrons. The number of ketones is 1. The number of hydrogen-bond acceptors (Lipinski definition) is 6. The lowest BCUT2D eigenvalue weighted by Gasteiger charge is -2.09. The van der Waals surface area contributed by atoms with Crippen LogP contribution in [0.2, 0.25) is 0 Å². The number of nitrogens with one attached hydrogen (secondary N) is 2. The van der Waals surface area contributed by atoms with Crippen molar-refractivity contribution >= 4 is 11.9 Å². The van der Waals surface area contributed by atoms with Crippen molar-refractivity contribution in [3.63, 3.8) is 0 Å². The van der Waals surface area contributed by atoms with Gasteiger partial charge in [-0.05, 0) is 23.8 Å². The van der Waals surface area contributed by atoms with Gasteiger partial charge in [-0.1, -0.05) is 6.08 Å². The predicted octanol–water partition coefficient (Wildman–Crippen LogP) is 0.682. The molecule has 1 aromatic carbocycles. The number of aromatic hydroxyl groups is 1. The number of carbonyl (C=O) groups is 1. The van der Waals surface area contributed by atoms with E-state index in [1.807, 2.05) is 4.98 Å². The van der Waals surface area contributed by atoms with E-state index in [0.29, 0.717) is 5.56 Å². The Labute approximate surface area is 130 Å². The maximum absolute atomic E-state index is 12.0. The highest BCUT2D eigenvalue weighted by Gasteiger charge is 2.11. The van der Waals surface area contributed by atoms with Crippen LogP contribution in [0.4, 0.5) is 0 Å². The third-order valence-corrected chi connectivity index (χ3v) is 3.01. The molecule has 0 atom stereocenters. The minimum absolute atomic E-state index is 0.157. The Hall–Kier alpha value is -3.29. The van der Waals surface area contributed by atoms with E-state index in [1.54, 1.807) is 0 Å². The maximum Gasteiger partial charge on any atom is 0.325 e. The van der Waals surface area contributed by atoms with Crippen LogP contribution in [-0.2, 0) is 0 Å². The number of methoxy groups -OCH3 is 2. The zero-order valence-corrected chi connectivity index (χ0v) is 12.4. The van der Waals surface area contributed by atoms with E-state index < -0.39 is 17.0 Å². The lowest BCUT2D eigenvalue weighted by atomic mass is 10.1. The van der Waals surface area contributed by atoms with Crippen LogP contribution in [0.15, 0.2) is 34.0 Å². The molecule has 0 aliphatic heterocycles. The number of allylic oxidation sites excluding steroid dienone is 1. The third kappa shape index (κ3) is 3.49. The molecule has 23 heavy (non-hydrogen) atoms. The number of phenols is 1. The average Bonchev–Trinajstić information content (AvgIpc) is 2.53. The lowest BCUT2D eigenvalue weighted by Crippen LogP contribution is -2.26. The first-order valence-electron chi connectivity index (χ1n) is 6.45. The van der Waals surface area contributed by atoms with Gasteiger partial charge in [0.2, 0.25) is 5.75 Å². The summed E-state index contributed by atoms with van der Waals surface area (Å²) in [6, 6.07) is 3.00. The van der Waals surface area contributed by atoms with E-state index in [2.05, 4.69) is 4.98 Å². The molecule has 0 aliphatic carbocycles. The molecule has 0 amide bonds. The normalized spacial score (nSPS) is 10.7. The Morgan fingerprint density at radius 2 is 1.78 bits per heavy atom. The number of H-pyrrole nitrogens is 2. The summed E-state index contributed by atoms with van der Waals surface area (Å²) in [5, 5.41) is 9.81. The second kappa shape index (κ2) is 6.65. The molecule has 120 valence electrons. The largest absolute Gasteiger partial charge is 0.502 e. The first kappa shape index (κ1) is 16.1. The highest BCUT2D eigenvalue weighted by molar-refractivity contribution is 6.06. The Bertz CT molecular complexity index is 853. The van der Waals surface area contributed by atoms with Gasteiger partial charge in [-0.25, -0.2) is 4.79 Å². The molecule has 2 aromatic rings. The number of ether oxygens (including phenoxy) is 2. The van der Waals surface area contributed by atoms with Gasteiger partial charge in [0, 0.05) is 6.20 Å². The molecule has 0 saturated heterocycles. The van der Waals surface area contributed by atoms with E-state index in [9.17, 15) is 19.5 Å². The molecule has 0 aliphatic rings. The molecule has 0 bridgehead atoms. The SMILES string of the molecule is COc1cc(/C=C/C(=O)c2c[nH]c(=O)[nH]c2=O)cc(OC)c1O. The Kier molecular flexibility index (Phi) is 4.65. The van der Waals surface area contributed by atoms with E-state index in [4.69, 9.17) is 9.47 Å². The van der Waals surface area contributed by atoms with Crippen molar-refractivity contribution in [1.29, 1.82) is 0 Å². The minimum Gasteiger partial charge on any atom is -0.502 e. The molecule has 2 rings (SSSR count). The first-order valence-corrected chi connectivity index (χ1v) is 6.45. The number of aromatic nitrogens is 2. The molecule has 1 heterocycles. The maximum atomic E-state index is 12.0.